The van der Waals surface area contributed by atoms with Crippen LogP contribution in [-0.4, -0.2) is 16.7 Å². The second-order valence-electron chi connectivity index (χ2n) is 5.17. The highest BCUT2D eigenvalue weighted by atomic mass is 16.5. The minimum Gasteiger partial charge on any atom is -0.491 e. The summed E-state index contributed by atoms with van der Waals surface area (Å²) in [5.41, 5.74) is 2.18. The summed E-state index contributed by atoms with van der Waals surface area (Å²) in [4.78, 5) is 4.18. The number of hydrogen-bond acceptors (Lipinski definition) is 5. The van der Waals surface area contributed by atoms with Gasteiger partial charge in [0.05, 0.1) is 18.8 Å². The Kier molecular flexibility index (Phi) is 4.88. The van der Waals surface area contributed by atoms with E-state index in [1.165, 1.54) is 5.56 Å². The second-order valence-corrected chi connectivity index (χ2v) is 5.17. The van der Waals surface area contributed by atoms with Crippen molar-refractivity contribution in [3.63, 3.8) is 0 Å². The lowest BCUT2D eigenvalue weighted by molar-refractivity contribution is 0.323. The Balaban J connectivity index is 1.57. The van der Waals surface area contributed by atoms with Crippen molar-refractivity contribution in [3.8, 4) is 5.75 Å². The van der Waals surface area contributed by atoms with E-state index in [4.69, 9.17) is 9.26 Å². The number of rotatable bonds is 7. The zero-order valence-corrected chi connectivity index (χ0v) is 13.0. The van der Waals surface area contributed by atoms with Gasteiger partial charge >= 0.3 is 0 Å². The van der Waals surface area contributed by atoms with Gasteiger partial charge in [-0.25, -0.2) is 0 Å². The molecule has 0 radical (unpaired) electrons. The third-order valence-electron chi connectivity index (χ3n) is 3.38. The summed E-state index contributed by atoms with van der Waals surface area (Å²) in [6, 6.07) is 18.1. The van der Waals surface area contributed by atoms with Crippen LogP contribution < -0.4 is 10.1 Å². The highest BCUT2D eigenvalue weighted by Gasteiger charge is 2.06. The summed E-state index contributed by atoms with van der Waals surface area (Å²) >= 11 is 0. The summed E-state index contributed by atoms with van der Waals surface area (Å²) in [7, 11) is 0. The lowest BCUT2D eigenvalue weighted by Gasteiger charge is -2.12. The van der Waals surface area contributed by atoms with E-state index >= 15 is 0 Å². The normalized spacial score (nSPS) is 10.5. The first kappa shape index (κ1) is 15.1. The summed E-state index contributed by atoms with van der Waals surface area (Å²) in [5, 5.41) is 7.05. The molecule has 0 saturated heterocycles. The van der Waals surface area contributed by atoms with Crippen LogP contribution in [0.5, 0.6) is 5.75 Å². The average Bonchev–Trinajstić information content (AvgIpc) is 3.00. The Morgan fingerprint density at radius 2 is 1.83 bits per heavy atom. The molecule has 3 aromatic rings. The van der Waals surface area contributed by atoms with E-state index in [0.717, 1.165) is 17.9 Å². The third-order valence-corrected chi connectivity index (χ3v) is 3.38. The molecular formula is C18H19N3O2. The fraction of sp³-hybridized carbons (Fsp3) is 0.222. The molecule has 0 spiro atoms. The quantitative estimate of drug-likeness (QED) is 0.722. The van der Waals surface area contributed by atoms with Gasteiger partial charge in [0.25, 0.3) is 0 Å². The smallest absolute Gasteiger partial charge is 0.245 e. The first-order valence-corrected chi connectivity index (χ1v) is 7.60. The first-order chi connectivity index (χ1) is 11.3. The Hall–Kier alpha value is -2.82. The maximum Gasteiger partial charge on any atom is 0.245 e. The van der Waals surface area contributed by atoms with Crippen LogP contribution in [0.15, 0.2) is 59.1 Å². The van der Waals surface area contributed by atoms with Gasteiger partial charge in [-0.2, -0.15) is 4.98 Å². The molecule has 3 rings (SSSR count). The molecule has 0 aliphatic heterocycles. The SMILES string of the molecule is Cc1noc(CNc2ccccc2OCCc2ccccc2)n1. The number of aromatic nitrogens is 2. The number of nitrogens with zero attached hydrogens (tertiary/aromatic N) is 2. The molecule has 2 aromatic carbocycles. The van der Waals surface area contributed by atoms with E-state index in [0.29, 0.717) is 24.9 Å². The van der Waals surface area contributed by atoms with Crippen LogP contribution in [0.25, 0.3) is 0 Å². The lowest BCUT2D eigenvalue weighted by Crippen LogP contribution is -2.05. The van der Waals surface area contributed by atoms with Crippen molar-refractivity contribution in [2.75, 3.05) is 11.9 Å². The van der Waals surface area contributed by atoms with Gasteiger partial charge in [-0.3, -0.25) is 0 Å². The predicted octanol–water partition coefficient (Wildman–Crippen LogP) is 3.61. The predicted molar refractivity (Wildman–Crippen MR) is 88.4 cm³/mol. The molecule has 1 aromatic heterocycles. The Bertz CT molecular complexity index is 741. The molecule has 0 unspecified atom stereocenters. The van der Waals surface area contributed by atoms with Crippen LogP contribution in [0.3, 0.4) is 0 Å². The maximum atomic E-state index is 5.91. The molecule has 0 fully saturated rings. The molecule has 0 aliphatic carbocycles. The van der Waals surface area contributed by atoms with E-state index in [2.05, 4.69) is 27.6 Å². The van der Waals surface area contributed by atoms with Crippen LogP contribution in [0, 0.1) is 6.92 Å². The van der Waals surface area contributed by atoms with Crippen molar-refractivity contribution in [2.24, 2.45) is 0 Å². The molecule has 1 heterocycles. The van der Waals surface area contributed by atoms with Gasteiger partial charge in [0.2, 0.25) is 5.89 Å². The second kappa shape index (κ2) is 7.45. The molecule has 0 bridgehead atoms. The zero-order chi connectivity index (χ0) is 15.9. The number of nitrogens with one attached hydrogen (secondary N) is 1. The van der Waals surface area contributed by atoms with E-state index in [9.17, 15) is 0 Å². The van der Waals surface area contributed by atoms with E-state index < -0.39 is 0 Å². The summed E-state index contributed by atoms with van der Waals surface area (Å²) < 4.78 is 11.0. The topological polar surface area (TPSA) is 60.2 Å². The largest absolute Gasteiger partial charge is 0.491 e. The molecule has 0 saturated carbocycles. The van der Waals surface area contributed by atoms with Gasteiger partial charge in [-0.05, 0) is 24.6 Å². The van der Waals surface area contributed by atoms with Gasteiger partial charge in [0, 0.05) is 6.42 Å². The Morgan fingerprint density at radius 3 is 2.61 bits per heavy atom. The number of benzene rings is 2. The van der Waals surface area contributed by atoms with Gasteiger partial charge in [0.1, 0.15) is 5.75 Å². The van der Waals surface area contributed by atoms with Crippen molar-refractivity contribution < 1.29 is 9.26 Å². The van der Waals surface area contributed by atoms with Crippen LogP contribution >= 0.6 is 0 Å². The van der Waals surface area contributed by atoms with Crippen LogP contribution in [0.4, 0.5) is 5.69 Å². The number of ether oxygens (including phenoxy) is 1. The van der Waals surface area contributed by atoms with E-state index in [1.807, 2.05) is 42.5 Å². The molecule has 1 N–H and O–H groups in total. The fourth-order valence-electron chi connectivity index (χ4n) is 2.24. The zero-order valence-electron chi connectivity index (χ0n) is 13.0. The number of hydrogen-bond donors (Lipinski definition) is 1. The van der Waals surface area contributed by atoms with Crippen molar-refractivity contribution in [2.45, 2.75) is 19.9 Å². The summed E-state index contributed by atoms with van der Waals surface area (Å²) in [5.74, 6) is 2.01. The first-order valence-electron chi connectivity index (χ1n) is 7.60. The van der Waals surface area contributed by atoms with Gasteiger partial charge < -0.3 is 14.6 Å². The molecule has 5 heteroatoms. The average molecular weight is 309 g/mol. The van der Waals surface area contributed by atoms with Crippen molar-refractivity contribution >= 4 is 5.69 Å². The van der Waals surface area contributed by atoms with E-state index in [1.54, 1.807) is 6.92 Å². The number of anilines is 1. The molecule has 0 atom stereocenters. The lowest BCUT2D eigenvalue weighted by atomic mass is 10.2. The number of para-hydroxylation sites is 2. The van der Waals surface area contributed by atoms with Crippen LogP contribution in [-0.2, 0) is 13.0 Å². The molecular weight excluding hydrogens is 290 g/mol. The Morgan fingerprint density at radius 1 is 1.04 bits per heavy atom. The highest BCUT2D eigenvalue weighted by molar-refractivity contribution is 5.56. The van der Waals surface area contributed by atoms with Gasteiger partial charge in [-0.15, -0.1) is 0 Å². The maximum absolute atomic E-state index is 5.91. The molecule has 23 heavy (non-hydrogen) atoms. The van der Waals surface area contributed by atoms with E-state index in [-0.39, 0.29) is 0 Å². The highest BCUT2D eigenvalue weighted by Crippen LogP contribution is 2.24. The van der Waals surface area contributed by atoms with Crippen molar-refractivity contribution in [3.05, 3.63) is 71.9 Å². The minimum absolute atomic E-state index is 0.472. The standard InChI is InChI=1S/C18H19N3O2/c1-14-20-18(23-21-14)13-19-16-9-5-6-10-17(16)22-12-11-15-7-3-2-4-8-15/h2-10,19H,11-13H2,1H3. The van der Waals surface area contributed by atoms with Gasteiger partial charge in [0.15, 0.2) is 5.82 Å². The summed E-state index contributed by atoms with van der Waals surface area (Å²) in [6.07, 6.45) is 0.873. The molecule has 118 valence electrons. The third kappa shape index (κ3) is 4.32. The van der Waals surface area contributed by atoms with Crippen molar-refractivity contribution in [1.82, 2.24) is 10.1 Å². The van der Waals surface area contributed by atoms with Crippen LogP contribution in [0.2, 0.25) is 0 Å². The summed E-state index contributed by atoms with van der Waals surface area (Å²) in [6.45, 7) is 2.90. The number of aryl methyl sites for hydroxylation is 1. The molecule has 0 aliphatic rings. The van der Waals surface area contributed by atoms with Crippen LogP contribution in [0.1, 0.15) is 17.3 Å². The molecule has 5 nitrogen and oxygen atoms in total. The minimum atomic E-state index is 0.472. The fourth-order valence-corrected chi connectivity index (χ4v) is 2.24. The monoisotopic (exact) mass is 309 g/mol. The molecule has 0 amide bonds. The van der Waals surface area contributed by atoms with Crippen molar-refractivity contribution in [1.29, 1.82) is 0 Å². The van der Waals surface area contributed by atoms with Gasteiger partial charge in [-0.1, -0.05) is 47.6 Å². The Labute approximate surface area is 135 Å².